The number of thioether (sulfide) groups is 1. The molecule has 0 radical (unpaired) electrons. The van der Waals surface area contributed by atoms with Gasteiger partial charge in [0.05, 0.1) is 26.0 Å². The Morgan fingerprint density at radius 3 is 2.43 bits per heavy atom. The summed E-state index contributed by atoms with van der Waals surface area (Å²) in [6, 6.07) is 7.53. The van der Waals surface area contributed by atoms with Crippen LogP contribution in [0.1, 0.15) is 5.56 Å². The van der Waals surface area contributed by atoms with Gasteiger partial charge >= 0.3 is 6.18 Å². The van der Waals surface area contributed by atoms with Gasteiger partial charge in [0.15, 0.2) is 0 Å². The molecule has 8 nitrogen and oxygen atoms in total. The first kappa shape index (κ1) is 23.6. The zero-order valence-corrected chi connectivity index (χ0v) is 17.3. The number of hydrogen-bond donors (Lipinski definition) is 1. The number of nitrogens with zero attached hydrogens (tertiary/aromatic N) is 2. The minimum absolute atomic E-state index is 0.0451. The van der Waals surface area contributed by atoms with Crippen molar-refractivity contribution in [3.63, 3.8) is 0 Å². The number of benzene rings is 2. The second-order valence-corrected chi connectivity index (χ2v) is 9.26. The molecule has 162 valence electrons. The molecule has 0 saturated carbocycles. The van der Waals surface area contributed by atoms with Crippen LogP contribution in [0.5, 0.6) is 0 Å². The molecule has 0 atom stereocenters. The number of rotatable bonds is 7. The van der Waals surface area contributed by atoms with Gasteiger partial charge in [0, 0.05) is 25.8 Å². The highest BCUT2D eigenvalue weighted by Crippen LogP contribution is 2.36. The van der Waals surface area contributed by atoms with Crippen LogP contribution in [0.25, 0.3) is 0 Å². The Balaban J connectivity index is 2.13. The number of nitro groups is 1. The normalized spacial score (nSPS) is 12.1. The Morgan fingerprint density at radius 2 is 1.87 bits per heavy atom. The van der Waals surface area contributed by atoms with E-state index in [1.54, 1.807) is 0 Å². The van der Waals surface area contributed by atoms with Crippen molar-refractivity contribution in [2.24, 2.45) is 0 Å². The maximum absolute atomic E-state index is 12.7. The molecule has 0 heterocycles. The fourth-order valence-corrected chi connectivity index (χ4v) is 4.00. The molecular formula is C17H16F3N3O5S2. The third-order valence-electron chi connectivity index (χ3n) is 3.74. The Bertz CT molecular complexity index is 1070. The van der Waals surface area contributed by atoms with Crippen LogP contribution in [0.3, 0.4) is 0 Å². The van der Waals surface area contributed by atoms with Crippen molar-refractivity contribution < 1.29 is 31.3 Å². The Kier molecular flexibility index (Phi) is 7.10. The fraction of sp³-hybridized carbons (Fsp3) is 0.235. The minimum atomic E-state index is -4.73. The van der Waals surface area contributed by atoms with Crippen LogP contribution in [0.2, 0.25) is 0 Å². The number of carbonyl (C=O) groups is 1. The Hall–Kier alpha value is -2.64. The highest BCUT2D eigenvalue weighted by Gasteiger charge is 2.33. The van der Waals surface area contributed by atoms with E-state index in [1.165, 1.54) is 38.4 Å². The van der Waals surface area contributed by atoms with Crippen LogP contribution in [-0.2, 0) is 21.0 Å². The molecular weight excluding hydrogens is 447 g/mol. The van der Waals surface area contributed by atoms with Crippen LogP contribution in [-0.4, -0.2) is 43.4 Å². The lowest BCUT2D eigenvalue weighted by atomic mass is 10.2. The molecule has 30 heavy (non-hydrogen) atoms. The average molecular weight is 463 g/mol. The standard InChI is InChI=1S/C17H16F3N3O5S2/c1-22(2)30(27,28)13-5-3-4-12(9-13)21-16(24)10-29-15-7-6-11(17(18,19)20)8-14(15)23(25)26/h3-9H,10H2,1-2H3,(H,21,24). The summed E-state index contributed by atoms with van der Waals surface area (Å²) in [5.74, 6) is -0.953. The molecule has 13 heteroatoms. The lowest BCUT2D eigenvalue weighted by molar-refractivity contribution is -0.388. The van der Waals surface area contributed by atoms with Gasteiger partial charge in [0.2, 0.25) is 15.9 Å². The first-order valence-electron chi connectivity index (χ1n) is 8.13. The van der Waals surface area contributed by atoms with Gasteiger partial charge in [-0.05, 0) is 30.3 Å². The van der Waals surface area contributed by atoms with E-state index in [9.17, 15) is 36.5 Å². The summed E-state index contributed by atoms with van der Waals surface area (Å²) in [4.78, 5) is 22.1. The topological polar surface area (TPSA) is 110 Å². The third kappa shape index (κ3) is 5.70. The quantitative estimate of drug-likeness (QED) is 0.382. The lowest BCUT2D eigenvalue weighted by Crippen LogP contribution is -2.22. The summed E-state index contributed by atoms with van der Waals surface area (Å²) in [5, 5.41) is 13.5. The van der Waals surface area contributed by atoms with Crippen LogP contribution < -0.4 is 5.32 Å². The van der Waals surface area contributed by atoms with Crippen molar-refractivity contribution in [2.45, 2.75) is 16.0 Å². The van der Waals surface area contributed by atoms with Crippen molar-refractivity contribution in [3.8, 4) is 0 Å². The molecule has 0 aliphatic carbocycles. The van der Waals surface area contributed by atoms with E-state index in [4.69, 9.17) is 0 Å². The monoisotopic (exact) mass is 463 g/mol. The van der Waals surface area contributed by atoms with Gasteiger partial charge in [0.25, 0.3) is 5.69 Å². The van der Waals surface area contributed by atoms with Gasteiger partial charge in [-0.25, -0.2) is 12.7 Å². The molecule has 1 N–H and O–H groups in total. The number of hydrogen-bond acceptors (Lipinski definition) is 6. The maximum atomic E-state index is 12.7. The first-order chi connectivity index (χ1) is 13.8. The van der Waals surface area contributed by atoms with E-state index in [2.05, 4.69) is 5.32 Å². The summed E-state index contributed by atoms with van der Waals surface area (Å²) in [5.41, 5.74) is -1.74. The van der Waals surface area contributed by atoms with Crippen molar-refractivity contribution in [1.29, 1.82) is 0 Å². The second-order valence-electron chi connectivity index (χ2n) is 6.09. The van der Waals surface area contributed by atoms with E-state index in [0.717, 1.165) is 10.4 Å². The summed E-state index contributed by atoms with van der Waals surface area (Å²) in [7, 11) is -1.00. The number of nitrogens with one attached hydrogen (secondary N) is 1. The molecule has 2 rings (SSSR count). The number of anilines is 1. The lowest BCUT2D eigenvalue weighted by Gasteiger charge is -2.13. The fourth-order valence-electron chi connectivity index (χ4n) is 2.24. The molecule has 0 fully saturated rings. The predicted molar refractivity (Wildman–Crippen MR) is 105 cm³/mol. The zero-order chi connectivity index (χ0) is 22.7. The minimum Gasteiger partial charge on any atom is -0.325 e. The smallest absolute Gasteiger partial charge is 0.325 e. The van der Waals surface area contributed by atoms with Crippen LogP contribution in [0.15, 0.2) is 52.3 Å². The van der Waals surface area contributed by atoms with E-state index in [1.807, 2.05) is 0 Å². The molecule has 0 unspecified atom stereocenters. The number of amides is 1. The summed E-state index contributed by atoms with van der Waals surface area (Å²) in [6.45, 7) is 0. The summed E-state index contributed by atoms with van der Waals surface area (Å²) in [6.07, 6.45) is -4.73. The molecule has 2 aromatic carbocycles. The maximum Gasteiger partial charge on any atom is 0.416 e. The third-order valence-corrected chi connectivity index (χ3v) is 6.61. The number of halogens is 3. The van der Waals surface area contributed by atoms with Crippen molar-refractivity contribution in [2.75, 3.05) is 25.2 Å². The number of carbonyl (C=O) groups excluding carboxylic acids is 1. The zero-order valence-electron chi connectivity index (χ0n) is 15.6. The van der Waals surface area contributed by atoms with E-state index in [0.29, 0.717) is 23.9 Å². The molecule has 0 spiro atoms. The number of nitro benzene ring substituents is 1. The van der Waals surface area contributed by atoms with Crippen LogP contribution >= 0.6 is 11.8 Å². The molecule has 0 aliphatic heterocycles. The highest BCUT2D eigenvalue weighted by molar-refractivity contribution is 8.00. The highest BCUT2D eigenvalue weighted by atomic mass is 32.2. The number of alkyl halides is 3. The average Bonchev–Trinajstić information content (AvgIpc) is 2.65. The first-order valence-corrected chi connectivity index (χ1v) is 10.6. The Morgan fingerprint density at radius 1 is 1.20 bits per heavy atom. The molecule has 1 amide bonds. The predicted octanol–water partition coefficient (Wildman–Crippen LogP) is 3.59. The SMILES string of the molecule is CN(C)S(=O)(=O)c1cccc(NC(=O)CSc2ccc(C(F)(F)F)cc2[N+](=O)[O-])c1. The largest absolute Gasteiger partial charge is 0.416 e. The number of sulfonamides is 1. The molecule has 0 saturated heterocycles. The van der Waals surface area contributed by atoms with E-state index >= 15 is 0 Å². The van der Waals surface area contributed by atoms with Gasteiger partial charge in [-0.2, -0.15) is 13.2 Å². The molecule has 0 aromatic heterocycles. The van der Waals surface area contributed by atoms with E-state index < -0.39 is 38.3 Å². The molecule has 2 aromatic rings. The molecule has 0 aliphatic rings. The van der Waals surface area contributed by atoms with E-state index in [-0.39, 0.29) is 21.2 Å². The van der Waals surface area contributed by atoms with Gasteiger partial charge in [-0.3, -0.25) is 14.9 Å². The van der Waals surface area contributed by atoms with Gasteiger partial charge in [0.1, 0.15) is 0 Å². The van der Waals surface area contributed by atoms with Gasteiger partial charge in [-0.1, -0.05) is 6.07 Å². The van der Waals surface area contributed by atoms with Gasteiger partial charge in [-0.15, -0.1) is 11.8 Å². The Labute approximate surface area is 174 Å². The second kappa shape index (κ2) is 9.02. The van der Waals surface area contributed by atoms with Crippen molar-refractivity contribution >= 4 is 39.1 Å². The van der Waals surface area contributed by atoms with Crippen molar-refractivity contribution in [1.82, 2.24) is 4.31 Å². The van der Waals surface area contributed by atoms with Crippen LogP contribution in [0.4, 0.5) is 24.5 Å². The summed E-state index contributed by atoms with van der Waals surface area (Å²) < 4.78 is 63.5. The van der Waals surface area contributed by atoms with Crippen LogP contribution in [0, 0.1) is 10.1 Å². The molecule has 0 bridgehead atoms. The van der Waals surface area contributed by atoms with Gasteiger partial charge < -0.3 is 5.32 Å². The summed E-state index contributed by atoms with van der Waals surface area (Å²) >= 11 is 0.689. The van der Waals surface area contributed by atoms with Crippen molar-refractivity contribution in [3.05, 3.63) is 58.1 Å².